The average Bonchev–Trinajstić information content (AvgIpc) is 3.28. The minimum Gasteiger partial charge on any atom is -0.507 e. The largest absolute Gasteiger partial charge is 0.507 e. The summed E-state index contributed by atoms with van der Waals surface area (Å²) in [5.74, 6) is 0.333. The standard InChI is InChI=1S/C18H18O3/c1-2-3-12-4-6-17(19)15(9-12)16-10-13(5-7-18(16)20)8-14-11-21-14/h2,4-7,9-10,14,19-20H,1,3,8,11H2. The van der Waals surface area contributed by atoms with E-state index in [9.17, 15) is 10.2 Å². The van der Waals surface area contributed by atoms with Crippen LogP contribution in [-0.4, -0.2) is 22.9 Å². The van der Waals surface area contributed by atoms with E-state index in [1.54, 1.807) is 12.1 Å². The van der Waals surface area contributed by atoms with Gasteiger partial charge in [-0.25, -0.2) is 0 Å². The van der Waals surface area contributed by atoms with E-state index >= 15 is 0 Å². The van der Waals surface area contributed by atoms with E-state index in [4.69, 9.17) is 4.74 Å². The summed E-state index contributed by atoms with van der Waals surface area (Å²) in [6.45, 7) is 4.53. The van der Waals surface area contributed by atoms with Gasteiger partial charge in [0.25, 0.3) is 0 Å². The van der Waals surface area contributed by atoms with Gasteiger partial charge in [-0.15, -0.1) is 6.58 Å². The molecule has 2 N–H and O–H groups in total. The third kappa shape index (κ3) is 3.09. The second kappa shape index (κ2) is 5.62. The first-order valence-corrected chi connectivity index (χ1v) is 7.04. The lowest BCUT2D eigenvalue weighted by Crippen LogP contribution is -1.94. The number of hydrogen-bond donors (Lipinski definition) is 2. The average molecular weight is 282 g/mol. The van der Waals surface area contributed by atoms with Crippen LogP contribution in [0, 0.1) is 0 Å². The van der Waals surface area contributed by atoms with E-state index in [0.29, 0.717) is 17.2 Å². The van der Waals surface area contributed by atoms with Crippen LogP contribution in [0.2, 0.25) is 0 Å². The number of hydrogen-bond acceptors (Lipinski definition) is 3. The summed E-state index contributed by atoms with van der Waals surface area (Å²) in [7, 11) is 0. The van der Waals surface area contributed by atoms with Crippen LogP contribution >= 0.6 is 0 Å². The molecule has 2 aromatic carbocycles. The highest BCUT2D eigenvalue weighted by atomic mass is 16.6. The van der Waals surface area contributed by atoms with E-state index in [-0.39, 0.29) is 11.5 Å². The van der Waals surface area contributed by atoms with Crippen molar-refractivity contribution in [3.8, 4) is 22.6 Å². The molecule has 1 unspecified atom stereocenters. The van der Waals surface area contributed by atoms with Crippen molar-refractivity contribution in [3.63, 3.8) is 0 Å². The first-order valence-electron chi connectivity index (χ1n) is 7.04. The monoisotopic (exact) mass is 282 g/mol. The van der Waals surface area contributed by atoms with Crippen molar-refractivity contribution in [1.82, 2.24) is 0 Å². The highest BCUT2D eigenvalue weighted by Crippen LogP contribution is 2.37. The molecular weight excluding hydrogens is 264 g/mol. The van der Waals surface area contributed by atoms with E-state index in [0.717, 1.165) is 30.6 Å². The zero-order valence-corrected chi connectivity index (χ0v) is 11.7. The summed E-state index contributed by atoms with van der Waals surface area (Å²) in [5.41, 5.74) is 3.44. The number of aromatic hydroxyl groups is 2. The Kier molecular flexibility index (Phi) is 3.67. The van der Waals surface area contributed by atoms with Gasteiger partial charge >= 0.3 is 0 Å². The summed E-state index contributed by atoms with van der Waals surface area (Å²) in [4.78, 5) is 0. The number of allylic oxidation sites excluding steroid dienone is 1. The van der Waals surface area contributed by atoms with Crippen LogP contribution in [0.15, 0.2) is 49.1 Å². The molecular formula is C18H18O3. The molecule has 21 heavy (non-hydrogen) atoms. The van der Waals surface area contributed by atoms with Gasteiger partial charge in [0.05, 0.1) is 12.7 Å². The van der Waals surface area contributed by atoms with Crippen molar-refractivity contribution in [1.29, 1.82) is 0 Å². The lowest BCUT2D eigenvalue weighted by atomic mass is 9.97. The maximum absolute atomic E-state index is 10.1. The topological polar surface area (TPSA) is 53.0 Å². The minimum atomic E-state index is 0.165. The number of rotatable bonds is 5. The van der Waals surface area contributed by atoms with Gasteiger partial charge in [-0.1, -0.05) is 18.2 Å². The number of ether oxygens (including phenoxy) is 1. The zero-order chi connectivity index (χ0) is 14.8. The fourth-order valence-corrected chi connectivity index (χ4v) is 2.47. The summed E-state index contributed by atoms with van der Waals surface area (Å²) >= 11 is 0. The van der Waals surface area contributed by atoms with Gasteiger partial charge in [-0.3, -0.25) is 0 Å². The Hall–Kier alpha value is -2.26. The Labute approximate surface area is 124 Å². The highest BCUT2D eigenvalue weighted by molar-refractivity contribution is 5.76. The van der Waals surface area contributed by atoms with Crippen molar-refractivity contribution in [2.45, 2.75) is 18.9 Å². The van der Waals surface area contributed by atoms with Crippen molar-refractivity contribution < 1.29 is 14.9 Å². The molecule has 1 aliphatic rings. The maximum atomic E-state index is 10.1. The van der Waals surface area contributed by atoms with Gasteiger partial charge in [0.2, 0.25) is 0 Å². The smallest absolute Gasteiger partial charge is 0.123 e. The minimum absolute atomic E-state index is 0.165. The van der Waals surface area contributed by atoms with Crippen molar-refractivity contribution in [2.24, 2.45) is 0 Å². The Morgan fingerprint density at radius 3 is 2.19 bits per heavy atom. The lowest BCUT2D eigenvalue weighted by molar-refractivity contribution is 0.407. The predicted molar refractivity (Wildman–Crippen MR) is 82.6 cm³/mol. The molecule has 108 valence electrons. The van der Waals surface area contributed by atoms with Crippen LogP contribution < -0.4 is 0 Å². The predicted octanol–water partition coefficient (Wildman–Crippen LogP) is 3.43. The molecule has 3 heteroatoms. The second-order valence-electron chi connectivity index (χ2n) is 5.36. The van der Waals surface area contributed by atoms with Crippen molar-refractivity contribution in [3.05, 3.63) is 60.2 Å². The molecule has 3 rings (SSSR count). The molecule has 0 bridgehead atoms. The van der Waals surface area contributed by atoms with E-state index in [1.807, 2.05) is 30.3 Å². The number of phenolic OH excluding ortho intramolecular Hbond substituents is 2. The van der Waals surface area contributed by atoms with E-state index < -0.39 is 0 Å². The van der Waals surface area contributed by atoms with Gasteiger partial charge < -0.3 is 14.9 Å². The van der Waals surface area contributed by atoms with Gasteiger partial charge in [0, 0.05) is 17.5 Å². The summed E-state index contributed by atoms with van der Waals surface area (Å²) < 4.78 is 5.24. The van der Waals surface area contributed by atoms with Crippen LogP contribution in [0.4, 0.5) is 0 Å². The molecule has 1 fully saturated rings. The van der Waals surface area contributed by atoms with Crippen LogP contribution in [-0.2, 0) is 17.6 Å². The third-order valence-electron chi connectivity index (χ3n) is 3.66. The molecule has 1 atom stereocenters. The SMILES string of the molecule is C=CCc1ccc(O)c(-c2cc(CC3CO3)ccc2O)c1. The molecule has 1 heterocycles. The molecule has 0 aromatic heterocycles. The molecule has 3 nitrogen and oxygen atoms in total. The van der Waals surface area contributed by atoms with Gasteiger partial charge in [-0.2, -0.15) is 0 Å². The number of phenols is 2. The fraction of sp³-hybridized carbons (Fsp3) is 0.222. The van der Waals surface area contributed by atoms with E-state index in [1.165, 1.54) is 0 Å². The first-order chi connectivity index (χ1) is 10.2. The second-order valence-corrected chi connectivity index (χ2v) is 5.36. The molecule has 1 saturated heterocycles. The number of benzene rings is 2. The van der Waals surface area contributed by atoms with Crippen LogP contribution in [0.25, 0.3) is 11.1 Å². The van der Waals surface area contributed by atoms with Crippen LogP contribution in [0.3, 0.4) is 0 Å². The summed E-state index contributed by atoms with van der Waals surface area (Å²) in [6.07, 6.45) is 3.67. The Morgan fingerprint density at radius 1 is 1.05 bits per heavy atom. The molecule has 2 aromatic rings. The van der Waals surface area contributed by atoms with Crippen molar-refractivity contribution >= 4 is 0 Å². The summed E-state index contributed by atoms with van der Waals surface area (Å²) in [6, 6.07) is 10.9. The van der Waals surface area contributed by atoms with Crippen LogP contribution in [0.5, 0.6) is 11.5 Å². The van der Waals surface area contributed by atoms with Gasteiger partial charge in [-0.05, 0) is 41.8 Å². The molecule has 0 spiro atoms. The third-order valence-corrected chi connectivity index (χ3v) is 3.66. The van der Waals surface area contributed by atoms with Crippen LogP contribution in [0.1, 0.15) is 11.1 Å². The fourth-order valence-electron chi connectivity index (χ4n) is 2.47. The quantitative estimate of drug-likeness (QED) is 0.652. The first kappa shape index (κ1) is 13.7. The molecule has 0 saturated carbocycles. The van der Waals surface area contributed by atoms with Gasteiger partial charge in [0.15, 0.2) is 0 Å². The Balaban J connectivity index is 2.01. The van der Waals surface area contributed by atoms with Gasteiger partial charge in [0.1, 0.15) is 11.5 Å². The summed E-state index contributed by atoms with van der Waals surface area (Å²) in [5, 5.41) is 20.2. The Bertz CT molecular complexity index is 672. The molecule has 0 amide bonds. The number of epoxide rings is 1. The molecule has 0 radical (unpaired) electrons. The van der Waals surface area contributed by atoms with E-state index in [2.05, 4.69) is 6.58 Å². The Morgan fingerprint density at radius 2 is 1.62 bits per heavy atom. The maximum Gasteiger partial charge on any atom is 0.123 e. The normalized spacial score (nSPS) is 16.7. The zero-order valence-electron chi connectivity index (χ0n) is 11.7. The molecule has 0 aliphatic carbocycles. The highest BCUT2D eigenvalue weighted by Gasteiger charge is 2.23. The lowest BCUT2D eigenvalue weighted by Gasteiger charge is -2.11. The van der Waals surface area contributed by atoms with Crippen molar-refractivity contribution in [2.75, 3.05) is 6.61 Å². The molecule has 1 aliphatic heterocycles.